The highest BCUT2D eigenvalue weighted by Crippen LogP contribution is 2.31. The lowest BCUT2D eigenvalue weighted by molar-refractivity contribution is 0.0113. The molecular weight excluding hydrogens is 1710 g/mol. The third-order valence-electron chi connectivity index (χ3n) is 19.0. The number of ether oxygens (including phenoxy) is 12. The van der Waals surface area contributed by atoms with Crippen molar-refractivity contribution in [1.82, 2.24) is 0 Å². The maximum Gasteiger partial charge on any atom is 0.311 e. The van der Waals surface area contributed by atoms with Crippen molar-refractivity contribution in [2.75, 3.05) is 106 Å². The van der Waals surface area contributed by atoms with Crippen molar-refractivity contribution in [2.24, 2.45) is 11.5 Å². The highest BCUT2D eigenvalue weighted by atomic mass is 28.5. The molecule has 130 heavy (non-hydrogen) atoms. The Labute approximate surface area is 792 Å². The van der Waals surface area contributed by atoms with Gasteiger partial charge in [0.2, 0.25) is 0 Å². The molecule has 0 aromatic heterocycles. The van der Waals surface area contributed by atoms with Crippen LogP contribution in [-0.2, 0) is 66.4 Å². The molecule has 4 saturated heterocycles. The van der Waals surface area contributed by atoms with Crippen LogP contribution in [0.5, 0.6) is 34.5 Å². The van der Waals surface area contributed by atoms with Gasteiger partial charge in [-0.1, -0.05) is 251 Å². The number of hydrogen-bond acceptors (Lipinski definition) is 19. The summed E-state index contributed by atoms with van der Waals surface area (Å²) in [7, 11) is -9.34. The van der Waals surface area contributed by atoms with Crippen LogP contribution in [0.25, 0.3) is 0 Å². The number of para-hydroxylation sites is 6. The van der Waals surface area contributed by atoms with Crippen molar-refractivity contribution >= 4 is 41.8 Å². The van der Waals surface area contributed by atoms with E-state index in [2.05, 4.69) is 182 Å². The Morgan fingerprint density at radius 3 is 0.800 bits per heavy atom. The van der Waals surface area contributed by atoms with Crippen LogP contribution in [0.15, 0.2) is 231 Å². The Balaban J connectivity index is 0.000000482. The fraction of sp³-hybridized carbons (Fsp3) is 0.547. The van der Waals surface area contributed by atoms with Gasteiger partial charge >= 0.3 is 8.56 Å². The Hall–Kier alpha value is -6.88. The van der Waals surface area contributed by atoms with Crippen LogP contribution in [-0.4, -0.2) is 194 Å². The zero-order valence-corrected chi connectivity index (χ0v) is 88.1. The van der Waals surface area contributed by atoms with Gasteiger partial charge in [-0.25, -0.2) is 0 Å². The maximum absolute atomic E-state index is 10.5. The molecule has 19 nitrogen and oxygen atoms in total. The Morgan fingerprint density at radius 2 is 0.538 bits per heavy atom. The van der Waals surface area contributed by atoms with Crippen molar-refractivity contribution in [3.05, 3.63) is 253 Å². The quantitative estimate of drug-likeness (QED) is 0.0157. The van der Waals surface area contributed by atoms with Gasteiger partial charge in [0, 0.05) is 13.2 Å². The van der Waals surface area contributed by atoms with E-state index in [1.165, 1.54) is 48.9 Å². The molecule has 6 unspecified atom stereocenters. The summed E-state index contributed by atoms with van der Waals surface area (Å²) in [5.41, 5.74) is 16.0. The number of rotatable bonds is 50. The molecule has 8 aromatic carbocycles. The lowest BCUT2D eigenvalue weighted by Crippen LogP contribution is -2.52. The highest BCUT2D eigenvalue weighted by molar-refractivity contribution is 6.88. The molecule has 0 saturated carbocycles. The van der Waals surface area contributed by atoms with Crippen LogP contribution >= 0.6 is 0 Å². The SMILES string of the molecule is CCC.CCC.CCC.CCC.C[Si](C)(CCCN)O[Si](C)(C)CCCN.C[Si](C)(CCCc1ccccc1OCC(O)COCCCc1ccccc1)O[Si](C)(C)O[Si](C)(C)CCCc1ccccc1OCC(O)COCCCc1ccccc1.c1ccc(OCC2CO2)cc1.c1ccc(OCC2CO2)cc1.c1ccc(OCC2CO2)cc1.c1ccc(OCC2CO2)cc1. The highest BCUT2D eigenvalue weighted by Gasteiger charge is 2.40. The second-order valence-electron chi connectivity index (χ2n) is 35.9. The number of benzene rings is 8. The molecule has 4 aliphatic rings. The second-order valence-corrected chi connectivity index (χ2v) is 57.2. The summed E-state index contributed by atoms with van der Waals surface area (Å²) < 4.78 is 85.6. The van der Waals surface area contributed by atoms with Crippen LogP contribution in [0.1, 0.15) is 142 Å². The monoisotopic (exact) mass is 1890 g/mol. The van der Waals surface area contributed by atoms with Crippen molar-refractivity contribution in [1.29, 1.82) is 0 Å². The molecule has 12 rings (SSSR count). The Bertz CT molecular complexity index is 3560. The van der Waals surface area contributed by atoms with Gasteiger partial charge in [0.25, 0.3) is 0 Å². The average molecular weight is 1890 g/mol. The Morgan fingerprint density at radius 1 is 0.300 bits per heavy atom. The predicted octanol–water partition coefficient (Wildman–Crippen LogP) is 23.8. The van der Waals surface area contributed by atoms with E-state index in [-0.39, 0.29) is 26.4 Å². The average Bonchev–Trinajstić information content (AvgIpc) is 1.80. The van der Waals surface area contributed by atoms with Crippen molar-refractivity contribution < 1.29 is 79.4 Å². The third kappa shape index (κ3) is 65.7. The van der Waals surface area contributed by atoms with Gasteiger partial charge in [0.05, 0.1) is 39.6 Å². The molecule has 4 fully saturated rings. The molecule has 0 amide bonds. The molecule has 728 valence electrons. The van der Waals surface area contributed by atoms with Crippen molar-refractivity contribution in [3.63, 3.8) is 0 Å². The molecule has 4 aliphatic heterocycles. The minimum atomic E-state index is -2.38. The Kier molecular flexibility index (Phi) is 64.7. The first-order valence-electron chi connectivity index (χ1n) is 48.3. The third-order valence-corrected chi connectivity index (χ3v) is 38.0. The van der Waals surface area contributed by atoms with Crippen LogP contribution < -0.4 is 39.9 Å². The smallest absolute Gasteiger partial charge is 0.311 e. The topological polar surface area (TPSA) is 244 Å². The van der Waals surface area contributed by atoms with E-state index in [1.807, 2.05) is 170 Å². The maximum atomic E-state index is 10.5. The number of nitrogens with two attached hydrogens (primary N) is 2. The number of aliphatic hydroxyl groups is 2. The van der Waals surface area contributed by atoms with E-state index < -0.39 is 54.0 Å². The van der Waals surface area contributed by atoms with Gasteiger partial charge < -0.3 is 90.9 Å². The minimum Gasteiger partial charge on any atom is -0.491 e. The molecule has 4 heterocycles. The van der Waals surface area contributed by atoms with Gasteiger partial charge in [-0.15, -0.1) is 0 Å². The second kappa shape index (κ2) is 71.7. The zero-order chi connectivity index (χ0) is 95.3. The summed E-state index contributed by atoms with van der Waals surface area (Å²) in [6.45, 7) is 49.7. The summed E-state index contributed by atoms with van der Waals surface area (Å²) in [4.78, 5) is 0. The number of aliphatic hydroxyl groups excluding tert-OH is 2. The molecule has 6 atom stereocenters. The van der Waals surface area contributed by atoms with E-state index in [1.54, 1.807) is 0 Å². The number of hydrogen-bond donors (Lipinski definition) is 4. The molecule has 0 radical (unpaired) electrons. The van der Waals surface area contributed by atoms with E-state index in [0.717, 1.165) is 161 Å². The van der Waals surface area contributed by atoms with Crippen LogP contribution in [0.4, 0.5) is 0 Å². The molecule has 6 N–H and O–H groups in total. The standard InChI is InChI=1S/C48H72O8Si3.C10H28N2OSi2.4C9H10O2.4C3H8/c1-57(2,35-19-29-43-27-13-15-31-47(43)53-39-45(49)37-51-33-17-25-41-21-9-7-10-22-41)55-59(5,6)56-58(3,4)36-20-30-44-28-14-16-32-48(44)54-40-46(50)38-52-34-18-26-42-23-11-8-12-24-42;1-14(2,9-5-7-11)13-15(3,4)10-6-8-12;4*1-2-4-8(5-3-1)10-6-9-7-11-9;4*1-3-2/h7-16,21-24,27-28,31-32,45-46,49-50H,17-20,25-26,29-30,33-40H2,1-6H3;5-12H2,1-4H3;4*1-5,9H,6-7H2;4*3H2,1-2H3. The van der Waals surface area contributed by atoms with E-state index in [4.69, 9.17) is 80.7 Å². The van der Waals surface area contributed by atoms with Gasteiger partial charge in [-0.3, -0.25) is 0 Å². The summed E-state index contributed by atoms with van der Waals surface area (Å²) in [5, 5.41) is 21.0. The fourth-order valence-electron chi connectivity index (χ4n) is 12.9. The molecular formula is C106H172N2O17Si5. The van der Waals surface area contributed by atoms with E-state index in [9.17, 15) is 10.2 Å². The first-order valence-corrected chi connectivity index (χ1v) is 63.5. The summed E-state index contributed by atoms with van der Waals surface area (Å²) in [6, 6.07) is 80.6. The summed E-state index contributed by atoms with van der Waals surface area (Å²) in [5.74, 6) is 5.32. The summed E-state index contributed by atoms with van der Waals surface area (Å²) >= 11 is 0. The zero-order valence-electron chi connectivity index (χ0n) is 83.1. The fourth-order valence-corrected chi connectivity index (χ4v) is 35.9. The lowest BCUT2D eigenvalue weighted by Gasteiger charge is -2.39. The van der Waals surface area contributed by atoms with Gasteiger partial charge in [0.1, 0.15) is 111 Å². The number of epoxide rings is 4. The molecule has 0 aliphatic carbocycles. The first kappa shape index (κ1) is 117. The van der Waals surface area contributed by atoms with E-state index in [0.29, 0.717) is 64.1 Å². The number of aryl methyl sites for hydroxylation is 4. The lowest BCUT2D eigenvalue weighted by atomic mass is 10.1. The normalized spacial score (nSPS) is 15.3. The van der Waals surface area contributed by atoms with Crippen LogP contribution in [0.3, 0.4) is 0 Å². The van der Waals surface area contributed by atoms with Crippen LogP contribution in [0, 0.1) is 0 Å². The molecule has 8 aromatic rings. The summed E-state index contributed by atoms with van der Waals surface area (Å²) in [6.07, 6.45) is 14.7. The molecule has 0 bridgehead atoms. The van der Waals surface area contributed by atoms with E-state index >= 15 is 0 Å². The van der Waals surface area contributed by atoms with Gasteiger partial charge in [-0.2, -0.15) is 0 Å². The van der Waals surface area contributed by atoms with Crippen LogP contribution in [0.2, 0.25) is 89.6 Å². The molecule has 24 heteroatoms. The minimum absolute atomic E-state index is 0.201. The predicted molar refractivity (Wildman–Crippen MR) is 551 cm³/mol. The van der Waals surface area contributed by atoms with Crippen molar-refractivity contribution in [2.45, 2.75) is 272 Å². The van der Waals surface area contributed by atoms with Crippen molar-refractivity contribution in [3.8, 4) is 34.5 Å². The largest absolute Gasteiger partial charge is 0.491 e. The van der Waals surface area contributed by atoms with Gasteiger partial charge in [-0.05, 0) is 250 Å². The van der Waals surface area contributed by atoms with Gasteiger partial charge in [0.15, 0.2) is 33.3 Å². The first-order chi connectivity index (χ1) is 62.6. The molecule has 0 spiro atoms.